The third-order valence-corrected chi connectivity index (χ3v) is 3.72. The van der Waals surface area contributed by atoms with Crippen LogP contribution >= 0.6 is 0 Å². The molecule has 16 heavy (non-hydrogen) atoms. The Balaban J connectivity index is 2.17. The number of ketones is 1. The van der Waals surface area contributed by atoms with Gasteiger partial charge in [0.15, 0.2) is 5.78 Å². The summed E-state index contributed by atoms with van der Waals surface area (Å²) in [5.41, 5.74) is 2.46. The van der Waals surface area contributed by atoms with E-state index in [1.807, 2.05) is 0 Å². The number of benzene rings is 1. The quantitative estimate of drug-likeness (QED) is 0.709. The summed E-state index contributed by atoms with van der Waals surface area (Å²) in [7, 11) is -3.47. The third kappa shape index (κ3) is 1.37. The van der Waals surface area contributed by atoms with Crippen LogP contribution in [0.4, 0.5) is 11.4 Å². The van der Waals surface area contributed by atoms with Gasteiger partial charge in [-0.2, -0.15) is 8.42 Å². The highest BCUT2D eigenvalue weighted by Gasteiger charge is 2.26. The number of aryl methyl sites for hydroxylation is 1. The average Bonchev–Trinajstić information content (AvgIpc) is 2.48. The Morgan fingerprint density at radius 1 is 1.12 bits per heavy atom. The summed E-state index contributed by atoms with van der Waals surface area (Å²) < 4.78 is 27.3. The first-order chi connectivity index (χ1) is 7.55. The topological polar surface area (TPSA) is 75.3 Å². The molecular weight excluding hydrogens is 228 g/mol. The molecule has 5 nitrogen and oxygen atoms in total. The molecule has 0 spiro atoms. The van der Waals surface area contributed by atoms with E-state index in [0.29, 0.717) is 23.4 Å². The molecule has 2 N–H and O–H groups in total. The number of nitrogens with one attached hydrogen (secondary N) is 2. The van der Waals surface area contributed by atoms with Crippen molar-refractivity contribution in [1.82, 2.24) is 0 Å². The Morgan fingerprint density at radius 3 is 2.56 bits per heavy atom. The van der Waals surface area contributed by atoms with Crippen LogP contribution in [0, 0.1) is 6.42 Å². The molecule has 0 amide bonds. The predicted molar refractivity (Wildman–Crippen MR) is 59.6 cm³/mol. The number of fused-ring (bicyclic) bond motifs is 2. The van der Waals surface area contributed by atoms with Crippen LogP contribution in [0.1, 0.15) is 22.3 Å². The lowest BCUT2D eigenvalue weighted by Crippen LogP contribution is -2.12. The number of rotatable bonds is 0. The Hall–Kier alpha value is -1.56. The van der Waals surface area contributed by atoms with E-state index < -0.39 is 10.2 Å². The molecule has 0 aromatic heterocycles. The summed E-state index contributed by atoms with van der Waals surface area (Å²) in [5, 5.41) is 0. The van der Waals surface area contributed by atoms with Crippen molar-refractivity contribution < 1.29 is 13.2 Å². The number of hydrogen-bond acceptors (Lipinski definition) is 3. The van der Waals surface area contributed by atoms with E-state index in [1.165, 1.54) is 0 Å². The highest BCUT2D eigenvalue weighted by atomic mass is 32.2. The molecule has 6 heteroatoms. The second kappa shape index (κ2) is 2.98. The molecule has 0 fully saturated rings. The monoisotopic (exact) mass is 237 g/mol. The first-order valence-corrected chi connectivity index (χ1v) is 6.38. The van der Waals surface area contributed by atoms with Crippen molar-refractivity contribution in [3.8, 4) is 0 Å². The van der Waals surface area contributed by atoms with E-state index >= 15 is 0 Å². The van der Waals surface area contributed by atoms with Gasteiger partial charge in [-0.1, -0.05) is 0 Å². The van der Waals surface area contributed by atoms with Crippen LogP contribution in [-0.2, 0) is 16.6 Å². The number of carbonyl (C=O) groups excluding carboxylic acids is 1. The molecule has 0 saturated carbocycles. The van der Waals surface area contributed by atoms with Gasteiger partial charge in [0.2, 0.25) is 0 Å². The largest absolute Gasteiger partial charge is 0.321 e. The summed E-state index contributed by atoms with van der Waals surface area (Å²) in [4.78, 5) is 11.6. The molecule has 1 aliphatic heterocycles. The fourth-order valence-electron chi connectivity index (χ4n) is 2.03. The molecule has 1 radical (unpaired) electrons. The first kappa shape index (κ1) is 9.65. The lowest BCUT2D eigenvalue weighted by molar-refractivity contribution is 0.102. The molecule has 83 valence electrons. The molecule has 1 aromatic carbocycles. The number of Topliss-reactive ketones (excluding diaryl/α,β-unsaturated/α-hetero) is 1. The molecule has 0 bridgehead atoms. The van der Waals surface area contributed by atoms with Crippen LogP contribution in [0.25, 0.3) is 0 Å². The third-order valence-electron chi connectivity index (χ3n) is 2.74. The molecule has 0 atom stereocenters. The van der Waals surface area contributed by atoms with Crippen molar-refractivity contribution in [3.63, 3.8) is 0 Å². The lowest BCUT2D eigenvalue weighted by Gasteiger charge is -2.14. The maximum absolute atomic E-state index is 11.6. The SMILES string of the molecule is O=C1[CH]CCc2cc3c(cc21)NS(=O)(=O)N3. The zero-order chi connectivity index (χ0) is 11.3. The van der Waals surface area contributed by atoms with E-state index in [0.717, 1.165) is 12.0 Å². The van der Waals surface area contributed by atoms with Crippen LogP contribution in [-0.4, -0.2) is 14.2 Å². The lowest BCUT2D eigenvalue weighted by atomic mass is 9.90. The molecule has 3 rings (SSSR count). The maximum Gasteiger partial charge on any atom is 0.321 e. The zero-order valence-corrected chi connectivity index (χ0v) is 9.10. The van der Waals surface area contributed by atoms with E-state index in [1.54, 1.807) is 18.6 Å². The van der Waals surface area contributed by atoms with Crippen molar-refractivity contribution in [2.45, 2.75) is 12.8 Å². The van der Waals surface area contributed by atoms with Crippen molar-refractivity contribution in [3.05, 3.63) is 29.7 Å². The van der Waals surface area contributed by atoms with Gasteiger partial charge in [0.1, 0.15) is 0 Å². The minimum atomic E-state index is -3.47. The minimum Gasteiger partial charge on any atom is -0.294 e. The van der Waals surface area contributed by atoms with E-state index in [-0.39, 0.29) is 5.78 Å². The fraction of sp³-hybridized carbons (Fsp3) is 0.200. The summed E-state index contributed by atoms with van der Waals surface area (Å²) in [6, 6.07) is 3.33. The van der Waals surface area contributed by atoms with Crippen molar-refractivity contribution >= 4 is 27.4 Å². The molecular formula is C10H9N2O3S. The van der Waals surface area contributed by atoms with Gasteiger partial charge in [0.05, 0.1) is 11.4 Å². The van der Waals surface area contributed by atoms with E-state index in [2.05, 4.69) is 9.44 Å². The minimum absolute atomic E-state index is 0.0323. The number of carbonyl (C=O) groups is 1. The molecule has 2 aliphatic rings. The second-order valence-electron chi connectivity index (χ2n) is 3.87. The second-order valence-corrected chi connectivity index (χ2v) is 5.28. The summed E-state index contributed by atoms with van der Waals surface area (Å²) in [6.45, 7) is 0. The summed E-state index contributed by atoms with van der Waals surface area (Å²) in [5.74, 6) is -0.0323. The molecule has 1 aliphatic carbocycles. The fourth-order valence-corrected chi connectivity index (χ4v) is 3.00. The molecule has 1 heterocycles. The van der Waals surface area contributed by atoms with Crippen LogP contribution in [0.15, 0.2) is 12.1 Å². The Kier molecular flexibility index (Phi) is 1.79. The van der Waals surface area contributed by atoms with Gasteiger partial charge in [-0.05, 0) is 30.5 Å². The predicted octanol–water partition coefficient (Wildman–Crippen LogP) is 1.10. The van der Waals surface area contributed by atoms with Crippen LogP contribution in [0.3, 0.4) is 0 Å². The summed E-state index contributed by atoms with van der Waals surface area (Å²) in [6.07, 6.45) is 3.12. The van der Waals surface area contributed by atoms with Gasteiger partial charge < -0.3 is 0 Å². The van der Waals surface area contributed by atoms with Gasteiger partial charge in [-0.15, -0.1) is 0 Å². The molecule has 0 saturated heterocycles. The Morgan fingerprint density at radius 2 is 1.81 bits per heavy atom. The normalized spacial score (nSPS) is 20.6. The van der Waals surface area contributed by atoms with Crippen molar-refractivity contribution in [2.75, 3.05) is 9.44 Å². The smallest absolute Gasteiger partial charge is 0.294 e. The Labute approximate surface area is 93.0 Å². The van der Waals surface area contributed by atoms with Crippen LogP contribution < -0.4 is 9.44 Å². The highest BCUT2D eigenvalue weighted by Crippen LogP contribution is 2.35. The van der Waals surface area contributed by atoms with Gasteiger partial charge in [0.25, 0.3) is 0 Å². The van der Waals surface area contributed by atoms with Gasteiger partial charge in [-0.3, -0.25) is 14.2 Å². The average molecular weight is 237 g/mol. The van der Waals surface area contributed by atoms with E-state index in [9.17, 15) is 13.2 Å². The van der Waals surface area contributed by atoms with Gasteiger partial charge in [-0.25, -0.2) is 0 Å². The van der Waals surface area contributed by atoms with Gasteiger partial charge >= 0.3 is 10.2 Å². The summed E-state index contributed by atoms with van der Waals surface area (Å²) >= 11 is 0. The van der Waals surface area contributed by atoms with E-state index in [4.69, 9.17) is 0 Å². The van der Waals surface area contributed by atoms with Crippen LogP contribution in [0.2, 0.25) is 0 Å². The first-order valence-electron chi connectivity index (χ1n) is 4.90. The van der Waals surface area contributed by atoms with Crippen molar-refractivity contribution in [2.24, 2.45) is 0 Å². The van der Waals surface area contributed by atoms with Crippen molar-refractivity contribution in [1.29, 1.82) is 0 Å². The van der Waals surface area contributed by atoms with Gasteiger partial charge in [0, 0.05) is 12.0 Å². The zero-order valence-electron chi connectivity index (χ0n) is 8.28. The highest BCUT2D eigenvalue weighted by molar-refractivity contribution is 7.94. The molecule has 1 aromatic rings. The van der Waals surface area contributed by atoms with Crippen LogP contribution in [0.5, 0.6) is 0 Å². The number of hydrogen-bond donors (Lipinski definition) is 2. The number of anilines is 2. The molecule has 0 unspecified atom stereocenters. The maximum atomic E-state index is 11.6. The Bertz CT molecular complexity index is 592. The standard InChI is InChI=1S/C10H9N2O3S/c13-10-3-1-2-6-4-8-9(5-7(6)10)12-16(14,15)11-8/h3-5,11-12H,1-2H2.